The molecule has 2 heterocycles. The van der Waals surface area contributed by atoms with E-state index in [4.69, 9.17) is 11.6 Å². The Morgan fingerprint density at radius 1 is 1.37 bits per heavy atom. The maximum Gasteiger partial charge on any atom is 0.134 e. The van der Waals surface area contributed by atoms with Gasteiger partial charge in [0.1, 0.15) is 16.8 Å². The van der Waals surface area contributed by atoms with Gasteiger partial charge in [-0.1, -0.05) is 18.5 Å². The summed E-state index contributed by atoms with van der Waals surface area (Å²) in [6, 6.07) is 1.82. The predicted octanol–water partition coefficient (Wildman–Crippen LogP) is 2.84. The summed E-state index contributed by atoms with van der Waals surface area (Å²) in [6.45, 7) is 5.48. The number of nitrogens with one attached hydrogen (secondary N) is 1. The molecule has 0 spiro atoms. The maximum absolute atomic E-state index is 6.03. The molecular formula is C14H23ClN4. The van der Waals surface area contributed by atoms with Gasteiger partial charge >= 0.3 is 0 Å². The average molecular weight is 283 g/mol. The minimum Gasteiger partial charge on any atom is -0.370 e. The van der Waals surface area contributed by atoms with E-state index < -0.39 is 0 Å². The SMILES string of the molecule is CCCc1nc(Cl)cc(NCC2CCN(C)CC2)n1. The quantitative estimate of drug-likeness (QED) is 0.843. The number of hydrogen-bond acceptors (Lipinski definition) is 4. The topological polar surface area (TPSA) is 41.1 Å². The fraction of sp³-hybridized carbons (Fsp3) is 0.714. The molecule has 1 aliphatic heterocycles. The van der Waals surface area contributed by atoms with Crippen molar-refractivity contribution in [2.75, 3.05) is 32.0 Å². The van der Waals surface area contributed by atoms with Crippen molar-refractivity contribution in [3.63, 3.8) is 0 Å². The number of anilines is 1. The zero-order chi connectivity index (χ0) is 13.7. The lowest BCUT2D eigenvalue weighted by Crippen LogP contribution is -2.33. The third kappa shape index (κ3) is 4.62. The van der Waals surface area contributed by atoms with E-state index in [0.29, 0.717) is 5.15 Å². The van der Waals surface area contributed by atoms with Crippen molar-refractivity contribution in [3.05, 3.63) is 17.0 Å². The van der Waals surface area contributed by atoms with Gasteiger partial charge in [-0.15, -0.1) is 0 Å². The van der Waals surface area contributed by atoms with Crippen LogP contribution in [0.4, 0.5) is 5.82 Å². The van der Waals surface area contributed by atoms with E-state index in [1.165, 1.54) is 25.9 Å². The zero-order valence-electron chi connectivity index (χ0n) is 11.8. The van der Waals surface area contributed by atoms with Crippen molar-refractivity contribution in [1.29, 1.82) is 0 Å². The number of piperidine rings is 1. The van der Waals surface area contributed by atoms with E-state index in [1.807, 2.05) is 6.07 Å². The Hall–Kier alpha value is -0.870. The molecule has 0 radical (unpaired) electrons. The van der Waals surface area contributed by atoms with Crippen molar-refractivity contribution >= 4 is 17.4 Å². The van der Waals surface area contributed by atoms with Crippen LogP contribution in [0.3, 0.4) is 0 Å². The standard InChI is InChI=1S/C14H23ClN4/c1-3-4-13-17-12(15)9-14(18-13)16-10-11-5-7-19(2)8-6-11/h9,11H,3-8,10H2,1-2H3,(H,16,17,18). The molecule has 0 bridgehead atoms. The number of aryl methyl sites for hydroxylation is 1. The Balaban J connectivity index is 1.88. The normalized spacial score (nSPS) is 17.6. The second-order valence-corrected chi connectivity index (χ2v) is 5.76. The number of likely N-dealkylation sites (tertiary alicyclic amines) is 1. The molecule has 0 aromatic carbocycles. The summed E-state index contributed by atoms with van der Waals surface area (Å²) in [5, 5.41) is 3.95. The molecule has 4 nitrogen and oxygen atoms in total. The van der Waals surface area contributed by atoms with Gasteiger partial charge in [-0.3, -0.25) is 0 Å². The van der Waals surface area contributed by atoms with Crippen molar-refractivity contribution in [2.45, 2.75) is 32.6 Å². The Morgan fingerprint density at radius 2 is 2.11 bits per heavy atom. The smallest absolute Gasteiger partial charge is 0.134 e. The highest BCUT2D eigenvalue weighted by Crippen LogP contribution is 2.18. The summed E-state index contributed by atoms with van der Waals surface area (Å²) in [7, 11) is 2.19. The van der Waals surface area contributed by atoms with E-state index in [2.05, 4.69) is 34.2 Å². The van der Waals surface area contributed by atoms with Gasteiger partial charge in [0.25, 0.3) is 0 Å². The largest absolute Gasteiger partial charge is 0.370 e. The van der Waals surface area contributed by atoms with Crippen LogP contribution in [0.2, 0.25) is 5.15 Å². The van der Waals surface area contributed by atoms with Crippen LogP contribution in [0.5, 0.6) is 0 Å². The highest BCUT2D eigenvalue weighted by atomic mass is 35.5. The molecule has 106 valence electrons. The number of rotatable bonds is 5. The molecule has 2 rings (SSSR count). The summed E-state index contributed by atoms with van der Waals surface area (Å²) in [5.74, 6) is 2.43. The van der Waals surface area contributed by atoms with Gasteiger partial charge in [0, 0.05) is 19.0 Å². The summed E-state index contributed by atoms with van der Waals surface area (Å²) in [6.07, 6.45) is 4.42. The third-order valence-corrected chi connectivity index (χ3v) is 3.82. The molecule has 19 heavy (non-hydrogen) atoms. The Labute approximate surface area is 120 Å². The fourth-order valence-electron chi connectivity index (χ4n) is 2.41. The predicted molar refractivity (Wildman–Crippen MR) is 79.7 cm³/mol. The molecule has 5 heteroatoms. The Bertz CT molecular complexity index is 402. The molecular weight excluding hydrogens is 260 g/mol. The highest BCUT2D eigenvalue weighted by Gasteiger charge is 2.16. The van der Waals surface area contributed by atoms with E-state index >= 15 is 0 Å². The molecule has 1 aromatic heterocycles. The molecule has 1 saturated heterocycles. The second kappa shape index (κ2) is 7.06. The van der Waals surface area contributed by atoms with Crippen LogP contribution in [0.15, 0.2) is 6.07 Å². The second-order valence-electron chi connectivity index (χ2n) is 5.37. The van der Waals surface area contributed by atoms with E-state index in [-0.39, 0.29) is 0 Å². The van der Waals surface area contributed by atoms with E-state index in [1.54, 1.807) is 0 Å². The van der Waals surface area contributed by atoms with E-state index in [9.17, 15) is 0 Å². The first kappa shape index (κ1) is 14.5. The highest BCUT2D eigenvalue weighted by molar-refractivity contribution is 6.29. The molecule has 0 aliphatic carbocycles. The molecule has 0 saturated carbocycles. The fourth-order valence-corrected chi connectivity index (χ4v) is 2.61. The van der Waals surface area contributed by atoms with Gasteiger partial charge in [-0.25, -0.2) is 9.97 Å². The minimum atomic E-state index is 0.532. The van der Waals surface area contributed by atoms with Crippen LogP contribution in [0, 0.1) is 5.92 Å². The summed E-state index contributed by atoms with van der Waals surface area (Å²) < 4.78 is 0. The van der Waals surface area contributed by atoms with Crippen LogP contribution >= 0.6 is 11.6 Å². The monoisotopic (exact) mass is 282 g/mol. The van der Waals surface area contributed by atoms with Crippen LogP contribution < -0.4 is 5.32 Å². The van der Waals surface area contributed by atoms with E-state index in [0.717, 1.165) is 36.9 Å². The molecule has 0 unspecified atom stereocenters. The lowest BCUT2D eigenvalue weighted by atomic mass is 9.97. The minimum absolute atomic E-state index is 0.532. The Morgan fingerprint density at radius 3 is 2.79 bits per heavy atom. The molecule has 1 aliphatic rings. The maximum atomic E-state index is 6.03. The van der Waals surface area contributed by atoms with Gasteiger partial charge in [-0.2, -0.15) is 0 Å². The van der Waals surface area contributed by atoms with Gasteiger partial charge in [0.2, 0.25) is 0 Å². The van der Waals surface area contributed by atoms with Crippen molar-refractivity contribution in [1.82, 2.24) is 14.9 Å². The van der Waals surface area contributed by atoms with Gasteiger partial charge in [0.05, 0.1) is 0 Å². The number of halogens is 1. The average Bonchev–Trinajstić information content (AvgIpc) is 2.38. The Kier molecular flexibility index (Phi) is 5.40. The van der Waals surface area contributed by atoms with Crippen molar-refractivity contribution in [3.8, 4) is 0 Å². The van der Waals surface area contributed by atoms with Crippen molar-refractivity contribution in [2.24, 2.45) is 5.92 Å². The number of hydrogen-bond donors (Lipinski definition) is 1. The number of aromatic nitrogens is 2. The molecule has 0 amide bonds. The third-order valence-electron chi connectivity index (χ3n) is 3.62. The first-order valence-corrected chi connectivity index (χ1v) is 7.51. The van der Waals surface area contributed by atoms with Crippen LogP contribution in [-0.4, -0.2) is 41.5 Å². The molecule has 1 N–H and O–H groups in total. The van der Waals surface area contributed by atoms with Crippen LogP contribution in [-0.2, 0) is 6.42 Å². The van der Waals surface area contributed by atoms with Crippen LogP contribution in [0.25, 0.3) is 0 Å². The lowest BCUT2D eigenvalue weighted by molar-refractivity contribution is 0.226. The van der Waals surface area contributed by atoms with Gasteiger partial charge in [0.15, 0.2) is 0 Å². The molecule has 1 aromatic rings. The van der Waals surface area contributed by atoms with Crippen molar-refractivity contribution < 1.29 is 0 Å². The van der Waals surface area contributed by atoms with Gasteiger partial charge in [-0.05, 0) is 45.3 Å². The zero-order valence-corrected chi connectivity index (χ0v) is 12.6. The summed E-state index contributed by atoms with van der Waals surface area (Å²) in [5.41, 5.74) is 0. The summed E-state index contributed by atoms with van der Waals surface area (Å²) in [4.78, 5) is 11.1. The van der Waals surface area contributed by atoms with Gasteiger partial charge < -0.3 is 10.2 Å². The summed E-state index contributed by atoms with van der Waals surface area (Å²) >= 11 is 6.03. The van der Waals surface area contributed by atoms with Crippen LogP contribution in [0.1, 0.15) is 32.0 Å². The first-order valence-electron chi connectivity index (χ1n) is 7.13. The number of nitrogens with zero attached hydrogens (tertiary/aromatic N) is 3. The molecule has 1 fully saturated rings. The first-order chi connectivity index (χ1) is 9.17. The lowest BCUT2D eigenvalue weighted by Gasteiger charge is -2.29. The molecule has 0 atom stereocenters.